The molecule has 0 amide bonds. The van der Waals surface area contributed by atoms with Gasteiger partial charge in [0.05, 0.1) is 0 Å². The zero-order valence-electron chi connectivity index (χ0n) is 8.48. The van der Waals surface area contributed by atoms with E-state index in [-0.39, 0.29) is 35.5 Å². The van der Waals surface area contributed by atoms with Crippen molar-refractivity contribution in [2.75, 3.05) is 0 Å². The number of aryl methyl sites for hydroxylation is 1. The van der Waals surface area contributed by atoms with Crippen LogP contribution in [0.25, 0.3) is 0 Å². The second kappa shape index (κ2) is 10.7. The minimum atomic E-state index is 0. The minimum absolute atomic E-state index is 0. The Morgan fingerprint density at radius 1 is 1.36 bits per heavy atom. The molecule has 1 aromatic heterocycles. The molecule has 76 valence electrons. The van der Waals surface area contributed by atoms with Crippen molar-refractivity contribution in [3.05, 3.63) is 20.8 Å². The molecule has 1 aromatic rings. The molecule has 0 fully saturated rings. The fourth-order valence-corrected chi connectivity index (χ4v) is 2.29. The summed E-state index contributed by atoms with van der Waals surface area (Å²) < 4.78 is 1.20. The quantitative estimate of drug-likeness (QED) is 0.433. The molecule has 0 aliphatic rings. The first-order valence-corrected chi connectivity index (χ1v) is 6.09. The van der Waals surface area contributed by atoms with Gasteiger partial charge in [-0.2, -0.15) is 11.6 Å². The van der Waals surface area contributed by atoms with Gasteiger partial charge in [0.1, 0.15) is 0 Å². The van der Waals surface area contributed by atoms with Crippen molar-refractivity contribution in [2.45, 2.75) is 39.0 Å². The number of hydrogen-bond donors (Lipinski definition) is 0. The van der Waals surface area contributed by atoms with Gasteiger partial charge >= 0.3 is 23.1 Å². The molecule has 0 aromatic carbocycles. The summed E-state index contributed by atoms with van der Waals surface area (Å²) in [5.74, 6) is 0. The maximum Gasteiger partial charge on any atom is 2.00 e. The zero-order valence-corrected chi connectivity index (χ0v) is 13.1. The molecule has 14 heavy (non-hydrogen) atoms. The van der Waals surface area contributed by atoms with E-state index in [0.29, 0.717) is 0 Å². The van der Waals surface area contributed by atoms with E-state index in [1.165, 1.54) is 41.5 Å². The van der Waals surface area contributed by atoms with Gasteiger partial charge in [-0.25, -0.2) is 0 Å². The predicted octanol–water partition coefficient (Wildman–Crippen LogP) is 1.06. The summed E-state index contributed by atoms with van der Waals surface area (Å²) >= 11 is 5.10. The molecule has 0 saturated carbocycles. The van der Waals surface area contributed by atoms with Crippen LogP contribution in [0.3, 0.4) is 0 Å². The van der Waals surface area contributed by atoms with Gasteiger partial charge in [-0.3, -0.25) is 11.3 Å². The maximum absolute atomic E-state index is 3.44. The maximum atomic E-state index is 3.44. The van der Waals surface area contributed by atoms with Crippen molar-refractivity contribution in [1.29, 1.82) is 0 Å². The number of halogens is 2. The van der Waals surface area contributed by atoms with E-state index in [9.17, 15) is 0 Å². The molecule has 0 spiro atoms. The molecule has 1 heterocycles. The Bertz CT molecular complexity index is 228. The summed E-state index contributed by atoms with van der Waals surface area (Å²) in [6, 6.07) is 2.18. The number of hydrogen-bond acceptors (Lipinski definition) is 1. The topological polar surface area (TPSA) is 0 Å². The molecule has 0 nitrogen and oxygen atoms in total. The third-order valence-electron chi connectivity index (χ3n) is 1.87. The van der Waals surface area contributed by atoms with Crippen LogP contribution in [-0.2, 0) is 6.42 Å². The number of rotatable bonds is 5. The normalized spacial score (nSPS) is 9.00. The predicted molar refractivity (Wildman–Crippen MR) is 64.5 cm³/mol. The Hall–Kier alpha value is 1.24. The second-order valence-corrected chi connectivity index (χ2v) is 5.22. The monoisotopic (exact) mass is 304 g/mol. The Morgan fingerprint density at radius 2 is 2.07 bits per heavy atom. The molecule has 0 atom stereocenters. The van der Waals surface area contributed by atoms with Crippen molar-refractivity contribution < 1.29 is 12.4 Å². The van der Waals surface area contributed by atoms with Crippen LogP contribution in [0.4, 0.5) is 0 Å². The van der Waals surface area contributed by atoms with E-state index in [2.05, 4.69) is 34.3 Å². The molecule has 0 aliphatic carbocycles. The zero-order chi connectivity index (χ0) is 8.81. The number of unbranched alkanes of at least 4 members (excludes halogenated alkanes) is 3. The van der Waals surface area contributed by atoms with E-state index in [1.54, 1.807) is 11.3 Å². The van der Waals surface area contributed by atoms with Crippen LogP contribution < -0.4 is 12.4 Å². The van der Waals surface area contributed by atoms with Crippen LogP contribution >= 0.6 is 27.3 Å². The van der Waals surface area contributed by atoms with Gasteiger partial charge in [-0.15, -0.1) is 21.3 Å². The van der Waals surface area contributed by atoms with Crippen LogP contribution in [0.1, 0.15) is 38.2 Å². The summed E-state index contributed by atoms with van der Waals surface area (Å²) in [5.41, 5.74) is 1.36. The van der Waals surface area contributed by atoms with E-state index < -0.39 is 0 Å². The largest absolute Gasteiger partial charge is 2.00 e. The van der Waals surface area contributed by atoms with Gasteiger partial charge in [0.25, 0.3) is 0 Å². The van der Waals surface area contributed by atoms with Gasteiger partial charge in [0.15, 0.2) is 0 Å². The average molecular weight is 306 g/mol. The summed E-state index contributed by atoms with van der Waals surface area (Å²) in [4.78, 5) is 0. The minimum Gasteiger partial charge on any atom is -1.00 e. The molecule has 0 unspecified atom stereocenters. The van der Waals surface area contributed by atoms with Crippen LogP contribution in [0.5, 0.6) is 0 Å². The molecule has 0 saturated heterocycles. The summed E-state index contributed by atoms with van der Waals surface area (Å²) in [7, 11) is 0. The first-order chi connectivity index (χ1) is 5.83. The van der Waals surface area contributed by atoms with Crippen molar-refractivity contribution in [3.63, 3.8) is 0 Å². The fourth-order valence-electron chi connectivity index (χ4n) is 1.18. The Labute approximate surface area is 122 Å². The summed E-state index contributed by atoms with van der Waals surface area (Å²) in [6.45, 7) is 2.24. The van der Waals surface area contributed by atoms with Crippen LogP contribution in [0.2, 0.25) is 0 Å². The van der Waals surface area contributed by atoms with Gasteiger partial charge in [-0.05, 0) is 0 Å². The third kappa shape index (κ3) is 7.52. The van der Waals surface area contributed by atoms with E-state index in [1.807, 2.05) is 0 Å². The van der Waals surface area contributed by atoms with E-state index in [4.69, 9.17) is 0 Å². The fraction of sp³-hybridized carbons (Fsp3) is 0.600. The molecule has 0 aliphatic heterocycles. The molecule has 1 rings (SSSR count). The average Bonchev–Trinajstić information content (AvgIpc) is 2.45. The summed E-state index contributed by atoms with van der Waals surface area (Å²) in [5, 5.41) is 3.28. The van der Waals surface area contributed by atoms with Gasteiger partial charge in [0.2, 0.25) is 0 Å². The molecule has 0 radical (unpaired) electrons. The third-order valence-corrected chi connectivity index (χ3v) is 3.26. The van der Waals surface area contributed by atoms with Crippen molar-refractivity contribution in [1.82, 2.24) is 0 Å². The van der Waals surface area contributed by atoms with Crippen LogP contribution in [-0.4, -0.2) is 23.1 Å². The van der Waals surface area contributed by atoms with Gasteiger partial charge < -0.3 is 12.4 Å². The molecule has 0 N–H and O–H groups in total. The number of thiophene rings is 1. The first-order valence-electron chi connectivity index (χ1n) is 4.49. The van der Waals surface area contributed by atoms with E-state index >= 15 is 0 Å². The Balaban J connectivity index is 0. The van der Waals surface area contributed by atoms with Crippen LogP contribution in [0.15, 0.2) is 9.85 Å². The Morgan fingerprint density at radius 3 is 2.57 bits per heavy atom. The molecular weight excluding hydrogens is 292 g/mol. The van der Waals surface area contributed by atoms with Gasteiger partial charge in [-0.1, -0.05) is 42.8 Å². The van der Waals surface area contributed by atoms with Crippen molar-refractivity contribution in [3.8, 4) is 0 Å². The van der Waals surface area contributed by atoms with Crippen molar-refractivity contribution >= 4 is 50.3 Å². The van der Waals surface area contributed by atoms with E-state index in [0.717, 1.165) is 0 Å². The molecule has 0 bridgehead atoms. The SMILES string of the molecule is CCCCCCc1[c-]sc(Br)c1.[Cl-].[Mg+2]. The van der Waals surface area contributed by atoms with Crippen molar-refractivity contribution in [2.24, 2.45) is 0 Å². The molecule has 4 heteroatoms. The van der Waals surface area contributed by atoms with Crippen LogP contribution in [0, 0.1) is 5.38 Å². The second-order valence-electron chi connectivity index (χ2n) is 2.99. The smallest absolute Gasteiger partial charge is 1.00 e. The van der Waals surface area contributed by atoms with Gasteiger partial charge in [0, 0.05) is 0 Å². The first kappa shape index (κ1) is 17.6. The summed E-state index contributed by atoms with van der Waals surface area (Å²) in [6.07, 6.45) is 6.55. The Kier molecular flexibility index (Phi) is 13.5. The standard InChI is InChI=1S/C10H14BrS.ClH.Mg/c1-2-3-4-5-6-9-7-10(11)12-8-9;;/h7H,2-6H2,1H3;1H;/q-1;;+2/p-1. The molecular formula is C10H14BrClMgS.